The molecule has 0 unspecified atom stereocenters. The van der Waals surface area contributed by atoms with Crippen molar-refractivity contribution in [1.29, 1.82) is 0 Å². The zero-order chi connectivity index (χ0) is 26.7. The second-order valence-corrected chi connectivity index (χ2v) is 11.5. The van der Waals surface area contributed by atoms with Crippen LogP contribution in [0.4, 0.5) is 0 Å². The summed E-state index contributed by atoms with van der Waals surface area (Å²) < 4.78 is 0. The van der Waals surface area contributed by atoms with Crippen LogP contribution in [0.25, 0.3) is 65.4 Å². The lowest BCUT2D eigenvalue weighted by atomic mass is 9.92. The Morgan fingerprint density at radius 3 is 1.00 bits per heavy atom. The molecule has 2 aromatic heterocycles. The third-order valence-electron chi connectivity index (χ3n) is 7.26. The molecule has 0 radical (unpaired) electrons. The predicted octanol–water partition coefficient (Wildman–Crippen LogP) is 11.8. The maximum atomic E-state index is 2.38. The van der Waals surface area contributed by atoms with E-state index < -0.39 is 0 Å². The van der Waals surface area contributed by atoms with Crippen LogP contribution in [-0.4, -0.2) is 0 Å². The molecule has 0 nitrogen and oxygen atoms in total. The topological polar surface area (TPSA) is 0 Å². The van der Waals surface area contributed by atoms with Crippen LogP contribution < -0.4 is 0 Å². The maximum Gasteiger partial charge on any atom is 0.0427 e. The maximum absolute atomic E-state index is 2.38. The molecule has 0 saturated heterocycles. The van der Waals surface area contributed by atoms with E-state index in [0.29, 0.717) is 0 Å². The van der Waals surface area contributed by atoms with Gasteiger partial charge in [-0.15, -0.1) is 22.7 Å². The summed E-state index contributed by atoms with van der Waals surface area (Å²) in [6.45, 7) is 0. The first kappa shape index (κ1) is 24.5. The first-order chi connectivity index (χ1) is 19.9. The largest absolute Gasteiger partial charge is 0.142 e. The molecule has 0 bridgehead atoms. The molecule has 0 fully saturated rings. The van der Waals surface area contributed by atoms with Gasteiger partial charge in [0.15, 0.2) is 0 Å². The van der Waals surface area contributed by atoms with Crippen molar-refractivity contribution in [3.05, 3.63) is 156 Å². The van der Waals surface area contributed by atoms with E-state index in [0.717, 1.165) is 0 Å². The molecule has 2 heterocycles. The minimum atomic E-state index is 1.25. The summed E-state index contributed by atoms with van der Waals surface area (Å²) >= 11 is 3.66. The fraction of sp³-hybridized carbons (Fsp3) is 0. The SMILES string of the molecule is c1ccc(-c2csc(-c3cccc(-c4scc(-c5ccccc5)c4-c4ccccc4)c3)c2-c2ccccc2)cc1. The lowest BCUT2D eigenvalue weighted by Gasteiger charge is -2.12. The molecule has 0 aliphatic rings. The Morgan fingerprint density at radius 1 is 0.300 bits per heavy atom. The Balaban J connectivity index is 1.40. The van der Waals surface area contributed by atoms with Crippen LogP contribution in [0, 0.1) is 0 Å². The highest BCUT2D eigenvalue weighted by Crippen LogP contribution is 2.48. The number of benzene rings is 5. The molecular formula is C38H26S2. The normalized spacial score (nSPS) is 11.0. The average Bonchev–Trinajstić information content (AvgIpc) is 3.69. The van der Waals surface area contributed by atoms with Crippen molar-refractivity contribution in [2.75, 3.05) is 0 Å². The monoisotopic (exact) mass is 546 g/mol. The quantitative estimate of drug-likeness (QED) is 0.195. The second kappa shape index (κ2) is 10.9. The first-order valence-corrected chi connectivity index (χ1v) is 15.2. The van der Waals surface area contributed by atoms with Gasteiger partial charge >= 0.3 is 0 Å². The van der Waals surface area contributed by atoms with Crippen molar-refractivity contribution in [3.63, 3.8) is 0 Å². The number of hydrogen-bond donors (Lipinski definition) is 0. The Kier molecular flexibility index (Phi) is 6.71. The van der Waals surface area contributed by atoms with Crippen LogP contribution in [0.15, 0.2) is 156 Å². The van der Waals surface area contributed by atoms with Gasteiger partial charge in [0, 0.05) is 32.0 Å². The molecule has 7 rings (SSSR count). The second-order valence-electron chi connectivity index (χ2n) is 9.75. The molecule has 7 aromatic rings. The molecule has 40 heavy (non-hydrogen) atoms. The van der Waals surface area contributed by atoms with Gasteiger partial charge in [-0.1, -0.05) is 140 Å². The highest BCUT2D eigenvalue weighted by molar-refractivity contribution is 7.15. The first-order valence-electron chi connectivity index (χ1n) is 13.4. The van der Waals surface area contributed by atoms with E-state index in [1.54, 1.807) is 0 Å². The van der Waals surface area contributed by atoms with Gasteiger partial charge in [0.25, 0.3) is 0 Å². The van der Waals surface area contributed by atoms with Crippen LogP contribution >= 0.6 is 22.7 Å². The zero-order valence-electron chi connectivity index (χ0n) is 21.8. The summed E-state index contributed by atoms with van der Waals surface area (Å²) in [7, 11) is 0. The number of hydrogen-bond acceptors (Lipinski definition) is 2. The fourth-order valence-corrected chi connectivity index (χ4v) is 7.58. The summed E-state index contributed by atoms with van der Waals surface area (Å²) in [4.78, 5) is 2.60. The van der Waals surface area contributed by atoms with Crippen molar-refractivity contribution < 1.29 is 0 Å². The molecule has 0 amide bonds. The van der Waals surface area contributed by atoms with Crippen LogP contribution in [0.3, 0.4) is 0 Å². The summed E-state index contributed by atoms with van der Waals surface area (Å²) in [5.74, 6) is 0. The van der Waals surface area contributed by atoms with E-state index in [1.807, 2.05) is 22.7 Å². The average molecular weight is 547 g/mol. The number of thiophene rings is 2. The van der Waals surface area contributed by atoms with Gasteiger partial charge in [-0.2, -0.15) is 0 Å². The third kappa shape index (κ3) is 4.62. The van der Waals surface area contributed by atoms with Crippen molar-refractivity contribution >= 4 is 22.7 Å². The van der Waals surface area contributed by atoms with Crippen molar-refractivity contribution in [1.82, 2.24) is 0 Å². The Bertz CT molecular complexity index is 1730. The number of rotatable bonds is 6. The highest BCUT2D eigenvalue weighted by Gasteiger charge is 2.20. The van der Waals surface area contributed by atoms with E-state index in [-0.39, 0.29) is 0 Å². The van der Waals surface area contributed by atoms with Gasteiger partial charge in [0.05, 0.1) is 0 Å². The van der Waals surface area contributed by atoms with Gasteiger partial charge in [0.2, 0.25) is 0 Å². The van der Waals surface area contributed by atoms with E-state index in [2.05, 4.69) is 156 Å². The van der Waals surface area contributed by atoms with Gasteiger partial charge in [-0.25, -0.2) is 0 Å². The van der Waals surface area contributed by atoms with E-state index in [1.165, 1.54) is 65.4 Å². The van der Waals surface area contributed by atoms with Crippen molar-refractivity contribution in [3.8, 4) is 65.4 Å². The molecule has 0 spiro atoms. The Morgan fingerprint density at radius 2 is 0.625 bits per heavy atom. The van der Waals surface area contributed by atoms with Crippen molar-refractivity contribution in [2.24, 2.45) is 0 Å². The molecule has 0 aliphatic heterocycles. The van der Waals surface area contributed by atoms with Crippen LogP contribution in [-0.2, 0) is 0 Å². The van der Waals surface area contributed by atoms with Crippen molar-refractivity contribution in [2.45, 2.75) is 0 Å². The van der Waals surface area contributed by atoms with Crippen LogP contribution in [0.1, 0.15) is 0 Å². The Labute approximate surface area is 243 Å². The van der Waals surface area contributed by atoms with Gasteiger partial charge < -0.3 is 0 Å². The smallest absolute Gasteiger partial charge is 0.0427 e. The predicted molar refractivity (Wildman–Crippen MR) is 175 cm³/mol. The summed E-state index contributed by atoms with van der Waals surface area (Å²) in [6, 6.07) is 52.1. The lowest BCUT2D eigenvalue weighted by molar-refractivity contribution is 1.61. The minimum Gasteiger partial charge on any atom is -0.142 e. The van der Waals surface area contributed by atoms with Gasteiger partial charge in [-0.05, 0) is 50.2 Å². The van der Waals surface area contributed by atoms with E-state index in [9.17, 15) is 0 Å². The van der Waals surface area contributed by atoms with E-state index in [4.69, 9.17) is 0 Å². The van der Waals surface area contributed by atoms with Gasteiger partial charge in [-0.3, -0.25) is 0 Å². The lowest BCUT2D eigenvalue weighted by Crippen LogP contribution is -1.86. The van der Waals surface area contributed by atoms with Crippen LogP contribution in [0.5, 0.6) is 0 Å². The van der Waals surface area contributed by atoms with Crippen LogP contribution in [0.2, 0.25) is 0 Å². The standard InChI is InChI=1S/C38H26S2/c1-5-14-27(15-6-1)33-25-39-37(35(33)29-18-9-3-10-19-29)31-22-13-23-32(24-31)38-36(30-20-11-4-12-21-30)34(26-40-38)28-16-7-2-8-17-28/h1-26H. The molecule has 0 N–H and O–H groups in total. The summed E-state index contributed by atoms with van der Waals surface area (Å²) in [6.07, 6.45) is 0. The molecular weight excluding hydrogens is 521 g/mol. The Hall–Kier alpha value is -4.50. The zero-order valence-corrected chi connectivity index (χ0v) is 23.5. The molecule has 190 valence electrons. The molecule has 0 aliphatic carbocycles. The minimum absolute atomic E-state index is 1.25. The van der Waals surface area contributed by atoms with Gasteiger partial charge in [0.1, 0.15) is 0 Å². The summed E-state index contributed by atoms with van der Waals surface area (Å²) in [5.41, 5.74) is 12.6. The van der Waals surface area contributed by atoms with E-state index >= 15 is 0 Å². The molecule has 5 aromatic carbocycles. The molecule has 2 heteroatoms. The fourth-order valence-electron chi connectivity index (χ4n) is 5.39. The highest BCUT2D eigenvalue weighted by atomic mass is 32.1. The summed E-state index contributed by atoms with van der Waals surface area (Å²) in [5, 5.41) is 4.63. The molecule has 0 saturated carbocycles. The molecule has 0 atom stereocenters. The third-order valence-corrected chi connectivity index (χ3v) is 9.32.